The standard InChI is InChI=1S/C20H25NO6/c1-11-7-17(24)26-19-13-5-6-20(3,4)27-14(13)8-15(18(11)19)25-10-16(23)21-9-12(2)22/h7-8,12,22H,5-6,9-10H2,1-4H3,(H,21,23)/t12-/m1/s1. The Balaban J connectivity index is 1.99. The van der Waals surface area contributed by atoms with E-state index in [0.29, 0.717) is 28.0 Å². The second-order valence-electron chi connectivity index (χ2n) is 7.61. The molecule has 1 aliphatic rings. The molecule has 3 rings (SSSR count). The topological polar surface area (TPSA) is 98.0 Å². The number of aliphatic hydroxyl groups is 1. The monoisotopic (exact) mass is 375 g/mol. The molecule has 1 aromatic carbocycles. The zero-order valence-electron chi connectivity index (χ0n) is 16.0. The van der Waals surface area contributed by atoms with Crippen molar-refractivity contribution < 1.29 is 23.8 Å². The van der Waals surface area contributed by atoms with Crippen LogP contribution in [-0.2, 0) is 11.2 Å². The molecule has 0 radical (unpaired) electrons. The smallest absolute Gasteiger partial charge is 0.336 e. The number of aliphatic hydroxyl groups excluding tert-OH is 1. The van der Waals surface area contributed by atoms with Crippen LogP contribution < -0.4 is 20.4 Å². The minimum Gasteiger partial charge on any atom is -0.487 e. The summed E-state index contributed by atoms with van der Waals surface area (Å²) in [5.74, 6) is 0.680. The number of nitrogens with one attached hydrogen (secondary N) is 1. The van der Waals surface area contributed by atoms with Crippen LogP contribution in [0.2, 0.25) is 0 Å². The van der Waals surface area contributed by atoms with E-state index in [0.717, 1.165) is 18.4 Å². The van der Waals surface area contributed by atoms with Crippen LogP contribution in [0.15, 0.2) is 21.3 Å². The van der Waals surface area contributed by atoms with E-state index in [-0.39, 0.29) is 24.7 Å². The number of carbonyl (C=O) groups excluding carboxylic acids is 1. The highest BCUT2D eigenvalue weighted by Gasteiger charge is 2.30. The van der Waals surface area contributed by atoms with E-state index < -0.39 is 11.7 Å². The largest absolute Gasteiger partial charge is 0.487 e. The summed E-state index contributed by atoms with van der Waals surface area (Å²) in [6, 6.07) is 3.16. The molecule has 2 N–H and O–H groups in total. The lowest BCUT2D eigenvalue weighted by Crippen LogP contribution is -2.34. The number of ether oxygens (including phenoxy) is 2. The van der Waals surface area contributed by atoms with Crippen LogP contribution in [0.1, 0.15) is 38.3 Å². The van der Waals surface area contributed by atoms with Crippen LogP contribution in [-0.4, -0.2) is 35.9 Å². The van der Waals surface area contributed by atoms with E-state index in [4.69, 9.17) is 13.9 Å². The van der Waals surface area contributed by atoms with E-state index in [2.05, 4.69) is 5.32 Å². The molecule has 0 saturated carbocycles. The maximum absolute atomic E-state index is 11.9. The third kappa shape index (κ3) is 4.24. The fourth-order valence-electron chi connectivity index (χ4n) is 3.19. The minimum atomic E-state index is -0.634. The Morgan fingerprint density at radius 3 is 2.85 bits per heavy atom. The van der Waals surface area contributed by atoms with E-state index in [1.165, 1.54) is 6.07 Å². The van der Waals surface area contributed by atoms with Gasteiger partial charge in [-0.3, -0.25) is 4.79 Å². The van der Waals surface area contributed by atoms with Crippen molar-refractivity contribution in [2.45, 2.75) is 52.2 Å². The SMILES string of the molecule is Cc1cc(=O)oc2c3c(cc(OCC(=O)NC[C@@H](C)O)c12)OC(C)(C)CC3. The van der Waals surface area contributed by atoms with Crippen molar-refractivity contribution in [3.8, 4) is 11.5 Å². The molecule has 1 atom stereocenters. The van der Waals surface area contributed by atoms with Gasteiger partial charge >= 0.3 is 5.63 Å². The quantitative estimate of drug-likeness (QED) is 0.777. The van der Waals surface area contributed by atoms with Crippen molar-refractivity contribution in [2.24, 2.45) is 0 Å². The zero-order chi connectivity index (χ0) is 19.8. The first kappa shape index (κ1) is 19.2. The Morgan fingerprint density at radius 2 is 2.15 bits per heavy atom. The molecule has 1 amide bonds. The molecule has 0 aliphatic carbocycles. The zero-order valence-corrected chi connectivity index (χ0v) is 16.0. The summed E-state index contributed by atoms with van der Waals surface area (Å²) < 4.78 is 17.3. The molecule has 7 nitrogen and oxygen atoms in total. The van der Waals surface area contributed by atoms with Crippen molar-refractivity contribution in [3.63, 3.8) is 0 Å². The van der Waals surface area contributed by atoms with Crippen LogP contribution in [0, 0.1) is 6.92 Å². The number of fused-ring (bicyclic) bond motifs is 3. The molecule has 27 heavy (non-hydrogen) atoms. The van der Waals surface area contributed by atoms with Crippen LogP contribution in [0.3, 0.4) is 0 Å². The summed E-state index contributed by atoms with van der Waals surface area (Å²) in [5, 5.41) is 12.5. The molecule has 1 aliphatic heterocycles. The summed E-state index contributed by atoms with van der Waals surface area (Å²) in [6.45, 7) is 7.32. The number of benzene rings is 1. The average Bonchev–Trinajstić information content (AvgIpc) is 2.56. The minimum absolute atomic E-state index is 0.151. The van der Waals surface area contributed by atoms with Crippen molar-refractivity contribution in [3.05, 3.63) is 33.7 Å². The molecule has 7 heteroatoms. The van der Waals surface area contributed by atoms with Crippen LogP contribution in [0.4, 0.5) is 0 Å². The summed E-state index contributed by atoms with van der Waals surface area (Å²) in [4.78, 5) is 23.8. The summed E-state index contributed by atoms with van der Waals surface area (Å²) in [7, 11) is 0. The molecule has 1 aromatic heterocycles. The Bertz CT molecular complexity index is 928. The highest BCUT2D eigenvalue weighted by Crippen LogP contribution is 2.42. The Labute approximate surface area is 157 Å². The third-order valence-electron chi connectivity index (χ3n) is 4.56. The fraction of sp³-hybridized carbons (Fsp3) is 0.500. The van der Waals surface area contributed by atoms with Gasteiger partial charge in [-0.15, -0.1) is 0 Å². The summed E-state index contributed by atoms with van der Waals surface area (Å²) in [5.41, 5.74) is 1.24. The van der Waals surface area contributed by atoms with E-state index in [1.807, 2.05) is 13.8 Å². The molecule has 0 saturated heterocycles. The first-order valence-electron chi connectivity index (χ1n) is 9.03. The molecule has 2 aromatic rings. The van der Waals surface area contributed by atoms with Gasteiger partial charge in [0.05, 0.1) is 11.5 Å². The van der Waals surface area contributed by atoms with Crippen LogP contribution in [0.25, 0.3) is 11.0 Å². The van der Waals surface area contributed by atoms with Crippen molar-refractivity contribution in [1.29, 1.82) is 0 Å². The molecule has 0 bridgehead atoms. The van der Waals surface area contributed by atoms with Gasteiger partial charge in [-0.05, 0) is 46.1 Å². The van der Waals surface area contributed by atoms with Gasteiger partial charge in [-0.1, -0.05) is 0 Å². The normalized spacial score (nSPS) is 16.3. The number of hydrogen-bond donors (Lipinski definition) is 2. The van der Waals surface area contributed by atoms with E-state index in [1.54, 1.807) is 19.9 Å². The van der Waals surface area contributed by atoms with Gasteiger partial charge in [0, 0.05) is 24.2 Å². The lowest BCUT2D eigenvalue weighted by molar-refractivity contribution is -0.123. The van der Waals surface area contributed by atoms with Gasteiger partial charge in [0.15, 0.2) is 6.61 Å². The Morgan fingerprint density at radius 1 is 1.41 bits per heavy atom. The summed E-state index contributed by atoms with van der Waals surface area (Å²) in [6.07, 6.45) is 0.889. The second kappa shape index (κ2) is 7.23. The summed E-state index contributed by atoms with van der Waals surface area (Å²) >= 11 is 0. The van der Waals surface area contributed by atoms with Gasteiger partial charge in [-0.2, -0.15) is 0 Å². The molecule has 0 fully saturated rings. The number of hydrogen-bond acceptors (Lipinski definition) is 6. The van der Waals surface area contributed by atoms with Gasteiger partial charge in [-0.25, -0.2) is 4.79 Å². The van der Waals surface area contributed by atoms with Crippen LogP contribution >= 0.6 is 0 Å². The number of carbonyl (C=O) groups is 1. The van der Waals surface area contributed by atoms with E-state index in [9.17, 15) is 14.7 Å². The van der Waals surface area contributed by atoms with Crippen molar-refractivity contribution >= 4 is 16.9 Å². The number of aryl methyl sites for hydroxylation is 2. The van der Waals surface area contributed by atoms with Gasteiger partial charge in [0.1, 0.15) is 22.7 Å². The molecular formula is C20H25NO6. The van der Waals surface area contributed by atoms with Crippen molar-refractivity contribution in [1.82, 2.24) is 5.32 Å². The second-order valence-corrected chi connectivity index (χ2v) is 7.61. The first-order chi connectivity index (χ1) is 12.7. The molecule has 2 heterocycles. The highest BCUT2D eigenvalue weighted by molar-refractivity contribution is 5.91. The molecule has 146 valence electrons. The number of amides is 1. The lowest BCUT2D eigenvalue weighted by Gasteiger charge is -2.33. The Kier molecular flexibility index (Phi) is 5.15. The van der Waals surface area contributed by atoms with Crippen LogP contribution in [0.5, 0.6) is 11.5 Å². The van der Waals surface area contributed by atoms with E-state index >= 15 is 0 Å². The van der Waals surface area contributed by atoms with Gasteiger partial charge in [0.2, 0.25) is 0 Å². The molecule has 0 spiro atoms. The molecular weight excluding hydrogens is 350 g/mol. The lowest BCUT2D eigenvalue weighted by atomic mass is 9.92. The maximum atomic E-state index is 11.9. The average molecular weight is 375 g/mol. The Hall–Kier alpha value is -2.54. The number of rotatable bonds is 5. The predicted octanol–water partition coefficient (Wildman–Crippen LogP) is 2.08. The van der Waals surface area contributed by atoms with Crippen molar-refractivity contribution in [2.75, 3.05) is 13.2 Å². The van der Waals surface area contributed by atoms with Gasteiger partial charge in [0.25, 0.3) is 5.91 Å². The first-order valence-corrected chi connectivity index (χ1v) is 9.03. The molecule has 0 unspecified atom stereocenters. The fourth-order valence-corrected chi connectivity index (χ4v) is 3.19. The third-order valence-corrected chi connectivity index (χ3v) is 4.56. The maximum Gasteiger partial charge on any atom is 0.336 e. The highest BCUT2D eigenvalue weighted by atomic mass is 16.5. The van der Waals surface area contributed by atoms with Gasteiger partial charge < -0.3 is 24.3 Å². The predicted molar refractivity (Wildman–Crippen MR) is 100 cm³/mol.